The lowest BCUT2D eigenvalue weighted by Gasteiger charge is -2.15. The van der Waals surface area contributed by atoms with Gasteiger partial charge >= 0.3 is 0 Å². The molecule has 0 spiro atoms. The number of nitrogens with one attached hydrogen (secondary N) is 2. The highest BCUT2D eigenvalue weighted by Crippen LogP contribution is 2.27. The summed E-state index contributed by atoms with van der Waals surface area (Å²) in [5, 5.41) is 3.13. The lowest BCUT2D eigenvalue weighted by molar-refractivity contribution is 0.331. The van der Waals surface area contributed by atoms with Crippen LogP contribution in [0, 0.1) is 0 Å². The number of halogens is 1. The molecule has 1 aliphatic heterocycles. The molecule has 0 bridgehead atoms. The molecule has 1 aliphatic rings. The number of hydrogen-bond acceptors (Lipinski definition) is 4. The molecule has 7 heteroatoms. The molecular formula is C12H17BrN2O3S. The van der Waals surface area contributed by atoms with Gasteiger partial charge in [-0.15, -0.1) is 0 Å². The first-order chi connectivity index (χ1) is 9.03. The van der Waals surface area contributed by atoms with Crippen LogP contribution in [0.2, 0.25) is 0 Å². The zero-order chi connectivity index (χ0) is 13.9. The van der Waals surface area contributed by atoms with Crippen molar-refractivity contribution in [2.45, 2.75) is 24.3 Å². The second kappa shape index (κ2) is 6.21. The van der Waals surface area contributed by atoms with Crippen molar-refractivity contribution in [1.82, 2.24) is 10.0 Å². The molecule has 0 amide bonds. The Kier molecular flexibility index (Phi) is 4.83. The minimum atomic E-state index is -3.56. The molecule has 0 aromatic heterocycles. The van der Waals surface area contributed by atoms with Crippen molar-refractivity contribution in [3.05, 3.63) is 22.7 Å². The van der Waals surface area contributed by atoms with Crippen LogP contribution >= 0.6 is 15.9 Å². The number of ether oxygens (including phenoxy) is 1. The first-order valence-corrected chi connectivity index (χ1v) is 8.46. The van der Waals surface area contributed by atoms with Crippen LogP contribution in [0.5, 0.6) is 5.75 Å². The van der Waals surface area contributed by atoms with Gasteiger partial charge in [0.15, 0.2) is 0 Å². The summed E-state index contributed by atoms with van der Waals surface area (Å²) < 4.78 is 33.6. The quantitative estimate of drug-likeness (QED) is 0.845. The molecule has 106 valence electrons. The summed E-state index contributed by atoms with van der Waals surface area (Å²) in [7, 11) is -3.56. The molecule has 0 radical (unpaired) electrons. The number of sulfonamides is 1. The van der Waals surface area contributed by atoms with Gasteiger partial charge in [-0.25, -0.2) is 13.1 Å². The molecule has 1 aromatic rings. The fourth-order valence-corrected chi connectivity index (χ4v) is 3.96. The van der Waals surface area contributed by atoms with Gasteiger partial charge in [-0.05, 0) is 38.1 Å². The molecule has 5 nitrogen and oxygen atoms in total. The fourth-order valence-electron chi connectivity index (χ4n) is 2.00. The second-order valence-electron chi connectivity index (χ2n) is 4.34. The highest BCUT2D eigenvalue weighted by atomic mass is 79.9. The van der Waals surface area contributed by atoms with E-state index in [1.54, 1.807) is 18.2 Å². The van der Waals surface area contributed by atoms with Crippen molar-refractivity contribution in [2.24, 2.45) is 0 Å². The largest absolute Gasteiger partial charge is 0.492 e. The molecule has 1 heterocycles. The third-order valence-electron chi connectivity index (χ3n) is 2.88. The van der Waals surface area contributed by atoms with Crippen LogP contribution in [0.3, 0.4) is 0 Å². The van der Waals surface area contributed by atoms with Gasteiger partial charge in [0.2, 0.25) is 10.0 Å². The van der Waals surface area contributed by atoms with E-state index in [1.165, 1.54) is 0 Å². The van der Waals surface area contributed by atoms with E-state index < -0.39 is 10.0 Å². The number of rotatable bonds is 5. The molecule has 2 rings (SSSR count). The van der Waals surface area contributed by atoms with Gasteiger partial charge in [-0.1, -0.05) is 15.9 Å². The van der Waals surface area contributed by atoms with E-state index in [1.807, 2.05) is 6.92 Å². The minimum Gasteiger partial charge on any atom is -0.492 e. The van der Waals surface area contributed by atoms with E-state index in [0.29, 0.717) is 23.4 Å². The van der Waals surface area contributed by atoms with E-state index in [0.717, 1.165) is 13.0 Å². The van der Waals surface area contributed by atoms with Gasteiger partial charge in [0.25, 0.3) is 0 Å². The molecular weight excluding hydrogens is 332 g/mol. The van der Waals surface area contributed by atoms with Gasteiger partial charge in [-0.3, -0.25) is 0 Å². The maximum absolute atomic E-state index is 12.4. The Morgan fingerprint density at radius 1 is 1.53 bits per heavy atom. The molecule has 1 fully saturated rings. The van der Waals surface area contributed by atoms with Crippen molar-refractivity contribution < 1.29 is 13.2 Å². The zero-order valence-corrected chi connectivity index (χ0v) is 13.1. The Hall–Kier alpha value is -0.630. The average molecular weight is 349 g/mol. The van der Waals surface area contributed by atoms with Crippen LogP contribution < -0.4 is 14.8 Å². The van der Waals surface area contributed by atoms with E-state index >= 15 is 0 Å². The summed E-state index contributed by atoms with van der Waals surface area (Å²) in [5.41, 5.74) is 0. The van der Waals surface area contributed by atoms with Crippen molar-refractivity contribution in [3.8, 4) is 5.75 Å². The van der Waals surface area contributed by atoms with Crippen molar-refractivity contribution in [3.63, 3.8) is 0 Å². The van der Waals surface area contributed by atoms with Crippen LogP contribution in [0.15, 0.2) is 27.6 Å². The van der Waals surface area contributed by atoms with E-state index in [2.05, 4.69) is 26.0 Å². The lowest BCUT2D eigenvalue weighted by atomic mass is 10.3. The van der Waals surface area contributed by atoms with Crippen molar-refractivity contribution >= 4 is 26.0 Å². The molecule has 1 aromatic carbocycles. The SMILES string of the molecule is CCOc1ccc(Br)cc1S(=O)(=O)N[C@H]1CCNC1. The monoisotopic (exact) mass is 348 g/mol. The van der Waals surface area contributed by atoms with Gasteiger partial charge < -0.3 is 10.1 Å². The van der Waals surface area contributed by atoms with Crippen LogP contribution in [0.25, 0.3) is 0 Å². The molecule has 2 N–H and O–H groups in total. The van der Waals surface area contributed by atoms with Gasteiger partial charge in [0, 0.05) is 17.1 Å². The van der Waals surface area contributed by atoms with Crippen LogP contribution in [0.1, 0.15) is 13.3 Å². The summed E-state index contributed by atoms with van der Waals surface area (Å²) in [4.78, 5) is 0.177. The van der Waals surface area contributed by atoms with E-state index in [4.69, 9.17) is 4.74 Å². The Morgan fingerprint density at radius 2 is 2.32 bits per heavy atom. The Balaban J connectivity index is 2.29. The molecule has 0 unspecified atom stereocenters. The summed E-state index contributed by atoms with van der Waals surface area (Å²) in [6.45, 7) is 3.75. The normalized spacial score (nSPS) is 19.6. The van der Waals surface area contributed by atoms with Gasteiger partial charge in [0.05, 0.1) is 6.61 Å². The maximum atomic E-state index is 12.4. The van der Waals surface area contributed by atoms with Crippen molar-refractivity contribution in [1.29, 1.82) is 0 Å². The fraction of sp³-hybridized carbons (Fsp3) is 0.500. The number of hydrogen-bond donors (Lipinski definition) is 2. The number of benzene rings is 1. The topological polar surface area (TPSA) is 67.4 Å². The zero-order valence-electron chi connectivity index (χ0n) is 10.6. The summed E-state index contributed by atoms with van der Waals surface area (Å²) in [5.74, 6) is 0.379. The Bertz CT molecular complexity index is 542. The van der Waals surface area contributed by atoms with E-state index in [-0.39, 0.29) is 10.9 Å². The van der Waals surface area contributed by atoms with E-state index in [9.17, 15) is 8.42 Å². The maximum Gasteiger partial charge on any atom is 0.244 e. The first-order valence-electron chi connectivity index (χ1n) is 6.18. The van der Waals surface area contributed by atoms with Crippen LogP contribution in [-0.4, -0.2) is 34.2 Å². The smallest absolute Gasteiger partial charge is 0.244 e. The standard InChI is InChI=1S/C12H17BrN2O3S/c1-2-18-11-4-3-9(13)7-12(11)19(16,17)15-10-5-6-14-8-10/h3-4,7,10,14-15H,2,5-6,8H2,1H3/t10-/m0/s1. The second-order valence-corrected chi connectivity index (χ2v) is 6.93. The predicted molar refractivity (Wildman–Crippen MR) is 76.9 cm³/mol. The summed E-state index contributed by atoms with van der Waals surface area (Å²) in [6, 6.07) is 4.93. The van der Waals surface area contributed by atoms with Crippen molar-refractivity contribution in [2.75, 3.05) is 19.7 Å². The van der Waals surface area contributed by atoms with Crippen LogP contribution in [0.4, 0.5) is 0 Å². The van der Waals surface area contributed by atoms with Gasteiger partial charge in [-0.2, -0.15) is 0 Å². The third kappa shape index (κ3) is 3.68. The highest BCUT2D eigenvalue weighted by molar-refractivity contribution is 9.10. The van der Waals surface area contributed by atoms with Gasteiger partial charge in [0.1, 0.15) is 10.6 Å². The highest BCUT2D eigenvalue weighted by Gasteiger charge is 2.25. The first kappa shape index (κ1) is 14.8. The molecule has 19 heavy (non-hydrogen) atoms. The predicted octanol–water partition coefficient (Wildman–Crippen LogP) is 1.49. The summed E-state index contributed by atoms with van der Waals surface area (Å²) in [6.07, 6.45) is 0.803. The Labute approximate surface area is 121 Å². The summed E-state index contributed by atoms with van der Waals surface area (Å²) >= 11 is 3.29. The average Bonchev–Trinajstić information content (AvgIpc) is 2.83. The molecule has 0 saturated carbocycles. The molecule has 1 saturated heterocycles. The minimum absolute atomic E-state index is 0.0570. The Morgan fingerprint density at radius 3 is 2.95 bits per heavy atom. The van der Waals surface area contributed by atoms with Crippen LogP contribution in [-0.2, 0) is 10.0 Å². The molecule has 0 aliphatic carbocycles. The molecule has 1 atom stereocenters. The lowest BCUT2D eigenvalue weighted by Crippen LogP contribution is -2.36. The third-order valence-corrected chi connectivity index (χ3v) is 4.91.